The number of rotatable bonds is 14. The van der Waals surface area contributed by atoms with E-state index < -0.39 is 0 Å². The highest BCUT2D eigenvalue weighted by molar-refractivity contribution is 6.12. The fourth-order valence-corrected chi connectivity index (χ4v) is 17.6. The van der Waals surface area contributed by atoms with Gasteiger partial charge in [0.1, 0.15) is 39.8 Å². The molecule has 12 aromatic heterocycles. The zero-order chi connectivity index (χ0) is 88.2. The Kier molecular flexibility index (Phi) is 23.4. The second kappa shape index (κ2) is 35.0. The highest BCUT2D eigenvalue weighted by atomic mass is 19.1. The van der Waals surface area contributed by atoms with Crippen molar-refractivity contribution in [1.29, 1.82) is 0 Å². The number of pyridine rings is 8. The summed E-state index contributed by atoms with van der Waals surface area (Å²) < 4.78 is 63.0. The van der Waals surface area contributed by atoms with Crippen LogP contribution in [-0.4, -0.2) is 19.9 Å². The minimum atomic E-state index is -0.157. The van der Waals surface area contributed by atoms with E-state index in [0.29, 0.717) is 34.7 Å². The summed E-state index contributed by atoms with van der Waals surface area (Å²) in [7, 11) is 8.25. The maximum atomic E-state index is 15.2. The minimum Gasteiger partial charge on any atom is -0.437 e. The number of fused-ring (bicyclic) bond motifs is 12. The molecule has 0 bridgehead atoms. The molecular weight excluding hydrogens is 1560 g/mol. The normalized spacial score (nSPS) is 11.7. The van der Waals surface area contributed by atoms with E-state index in [0.717, 1.165) is 167 Å². The Bertz CT molecular complexity index is 7560. The first kappa shape index (κ1) is 84.2. The molecule has 0 amide bonds. The van der Waals surface area contributed by atoms with Crippen LogP contribution in [0.1, 0.15) is 143 Å². The van der Waals surface area contributed by atoms with Crippen molar-refractivity contribution in [2.45, 2.75) is 127 Å². The number of nitrogens with zero attached hydrogens (tertiary/aromatic N) is 8. The molecule has 20 rings (SSSR count). The molecule has 0 saturated heterocycles. The third-order valence-electron chi connectivity index (χ3n) is 24.6. The Labute approximate surface area is 734 Å². The van der Waals surface area contributed by atoms with Crippen LogP contribution in [-0.2, 0) is 34.6 Å². The number of aromatic nitrogens is 8. The van der Waals surface area contributed by atoms with Crippen molar-refractivity contribution in [3.8, 4) is 89.5 Å². The third kappa shape index (κ3) is 16.3. The van der Waals surface area contributed by atoms with Crippen molar-refractivity contribution >= 4 is 88.3 Å². The standard InChI is InChI=1S/C30H30FN2O.C28H27N2O.C27H24FN2O.C27H25N2O/c1-17(2)24-14-21(15-25(18(3)4)28(24)31)20-11-13-33(6)26(16-20)27-19(5)9-10-22-23-8-7-12-32-30(23)34-29(22)27;1-18(2)15-20-7-5-8-21(16-20)22-12-14-30(4)25(17-22)26-19(3)10-11-23-24-9-6-13-29-28(24)31-27(23)26;1-16(2)22-14-18(8-10-23(22)28)19-11-13-30(4)24(15-19)25-17(3)7-9-20-21-6-5-12-29-27(21)31-26(20)25;1-17(2)19-7-5-8-20(15-19)21-12-14-29(4)24(16-21)25-18(3)10-11-22-23-9-6-13-28-27(23)30-26(22)25/h7-18H,1-6H3;5-14,16-18H,15H2,1-4H3;5-16H,1-4H3;5-17H,1-4H3/q4*+1. The molecule has 0 N–H and O–H groups in total. The number of hydrogen-bond donors (Lipinski definition) is 0. The van der Waals surface area contributed by atoms with E-state index in [4.69, 9.17) is 17.7 Å². The molecule has 0 atom stereocenters. The average Bonchev–Trinajstić information content (AvgIpc) is 1.60. The molecule has 0 aliphatic heterocycles. The first-order valence-corrected chi connectivity index (χ1v) is 43.6. The Hall–Kier alpha value is -14.0. The lowest BCUT2D eigenvalue weighted by atomic mass is 9.89. The summed E-state index contributed by atoms with van der Waals surface area (Å²) in [5.74, 6) is 1.25. The van der Waals surface area contributed by atoms with Crippen LogP contribution in [0.3, 0.4) is 0 Å². The first-order chi connectivity index (χ1) is 60.7. The summed E-state index contributed by atoms with van der Waals surface area (Å²) >= 11 is 0. The van der Waals surface area contributed by atoms with Gasteiger partial charge in [0.05, 0.1) is 22.3 Å². The van der Waals surface area contributed by atoms with E-state index in [1.807, 2.05) is 122 Å². The van der Waals surface area contributed by atoms with Gasteiger partial charge in [-0.1, -0.05) is 172 Å². The van der Waals surface area contributed by atoms with Crippen molar-refractivity contribution in [3.05, 3.63) is 336 Å². The van der Waals surface area contributed by atoms with Crippen LogP contribution in [0.2, 0.25) is 0 Å². The average molecular weight is 1670 g/mol. The van der Waals surface area contributed by atoms with Gasteiger partial charge in [-0.25, -0.2) is 47.0 Å². The lowest BCUT2D eigenvalue weighted by molar-refractivity contribution is -0.660. The summed E-state index contributed by atoms with van der Waals surface area (Å²) in [6.45, 7) is 29.7. The zero-order valence-corrected chi connectivity index (χ0v) is 75.0. The van der Waals surface area contributed by atoms with Gasteiger partial charge in [-0.2, -0.15) is 0 Å². The molecule has 14 heteroatoms. The van der Waals surface area contributed by atoms with Gasteiger partial charge in [0.25, 0.3) is 0 Å². The Morgan fingerprint density at radius 3 is 0.929 bits per heavy atom. The van der Waals surface area contributed by atoms with E-state index in [-0.39, 0.29) is 29.4 Å². The van der Waals surface area contributed by atoms with Crippen molar-refractivity contribution in [2.75, 3.05) is 0 Å². The van der Waals surface area contributed by atoms with Crippen LogP contribution >= 0.6 is 0 Å². The molecule has 0 spiro atoms. The summed E-state index contributed by atoms with van der Waals surface area (Å²) in [5.41, 5.74) is 33.5. The predicted molar refractivity (Wildman–Crippen MR) is 508 cm³/mol. The fraction of sp³-hybridized carbons (Fsp3) is 0.214. The maximum absolute atomic E-state index is 15.2. The van der Waals surface area contributed by atoms with Gasteiger partial charge in [-0.3, -0.25) is 0 Å². The second-order valence-corrected chi connectivity index (χ2v) is 35.3. The van der Waals surface area contributed by atoms with Crippen molar-refractivity contribution < 1.29 is 44.7 Å². The number of aryl methyl sites for hydroxylation is 8. The SMILES string of the molecule is Cc1ccc2c(oc3ncccc32)c1-c1cc(-c2cc(C(C)C)c(F)c(C(C)C)c2)cc[n+]1C.Cc1ccc2c(oc3ncccc32)c1-c1cc(-c2ccc(F)c(C(C)C)c2)cc[n+]1C.Cc1ccc2c(oc3ncccc32)c1-c1cc(-c2cccc(C(C)C)c2)cc[n+]1C.Cc1ccc2c(oc3ncccc32)c1-c1cc(-c2cccc(CC(C)C)c2)cc[n+]1C. The lowest BCUT2D eigenvalue weighted by Crippen LogP contribution is -2.30. The van der Waals surface area contributed by atoms with Gasteiger partial charge < -0.3 is 17.7 Å². The second-order valence-electron chi connectivity index (χ2n) is 35.3. The van der Waals surface area contributed by atoms with Gasteiger partial charge in [-0.15, -0.1) is 0 Å². The summed E-state index contributed by atoms with van der Waals surface area (Å²) in [5, 5.41) is 8.45. The topological polar surface area (TPSA) is 120 Å². The monoisotopic (exact) mass is 1660 g/mol. The number of hydrogen-bond acceptors (Lipinski definition) is 8. The summed E-state index contributed by atoms with van der Waals surface area (Å²) in [6.07, 6.45) is 16.5. The summed E-state index contributed by atoms with van der Waals surface area (Å²) in [6, 6.07) is 77.6. The smallest absolute Gasteiger partial charge is 0.227 e. The molecule has 0 aliphatic carbocycles. The molecule has 8 aromatic carbocycles. The Balaban J connectivity index is 0.000000119. The predicted octanol–water partition coefficient (Wildman–Crippen LogP) is 27.8. The molecule has 126 heavy (non-hydrogen) atoms. The van der Waals surface area contributed by atoms with Crippen LogP contribution in [0.25, 0.3) is 178 Å². The van der Waals surface area contributed by atoms with Crippen LogP contribution in [0.4, 0.5) is 8.78 Å². The van der Waals surface area contributed by atoms with Crippen molar-refractivity contribution in [2.24, 2.45) is 34.1 Å². The van der Waals surface area contributed by atoms with Crippen LogP contribution < -0.4 is 18.3 Å². The molecule has 0 aliphatic rings. The van der Waals surface area contributed by atoms with Gasteiger partial charge in [0.15, 0.2) is 47.1 Å². The highest BCUT2D eigenvalue weighted by Crippen LogP contribution is 2.44. The molecule has 20 aromatic rings. The Morgan fingerprint density at radius 1 is 0.286 bits per heavy atom. The fourth-order valence-electron chi connectivity index (χ4n) is 17.6. The molecule has 0 unspecified atom stereocenters. The van der Waals surface area contributed by atoms with E-state index >= 15 is 4.39 Å². The van der Waals surface area contributed by atoms with Gasteiger partial charge in [0, 0.05) is 116 Å². The molecule has 12 nitrogen and oxygen atoms in total. The molecular formula is C112H106F2N8O4+4. The third-order valence-corrected chi connectivity index (χ3v) is 24.6. The lowest BCUT2D eigenvalue weighted by Gasteiger charge is -2.17. The van der Waals surface area contributed by atoms with Crippen LogP contribution in [0.5, 0.6) is 0 Å². The molecule has 12 heterocycles. The number of benzene rings is 8. The first-order valence-electron chi connectivity index (χ1n) is 43.6. The van der Waals surface area contributed by atoms with E-state index in [1.165, 1.54) is 44.5 Å². The van der Waals surface area contributed by atoms with Gasteiger partial charge in [-0.05, 0) is 231 Å². The van der Waals surface area contributed by atoms with Crippen molar-refractivity contribution in [3.63, 3.8) is 0 Å². The number of furan rings is 4. The van der Waals surface area contributed by atoms with Crippen molar-refractivity contribution in [1.82, 2.24) is 19.9 Å². The minimum absolute atomic E-state index is 0.0779. The van der Waals surface area contributed by atoms with E-state index in [2.05, 4.69) is 284 Å². The van der Waals surface area contributed by atoms with Crippen LogP contribution in [0.15, 0.2) is 292 Å². The molecule has 628 valence electrons. The highest BCUT2D eigenvalue weighted by Gasteiger charge is 2.29. The summed E-state index contributed by atoms with van der Waals surface area (Å²) in [4.78, 5) is 17.7. The van der Waals surface area contributed by atoms with Gasteiger partial charge >= 0.3 is 0 Å². The molecule has 0 fully saturated rings. The quantitative estimate of drug-likeness (QED) is 0.0988. The van der Waals surface area contributed by atoms with E-state index in [1.54, 1.807) is 30.9 Å². The number of halogens is 2. The maximum Gasteiger partial charge on any atom is 0.227 e. The zero-order valence-electron chi connectivity index (χ0n) is 75.0. The Morgan fingerprint density at radius 2 is 0.595 bits per heavy atom. The molecule has 0 saturated carbocycles. The largest absolute Gasteiger partial charge is 0.437 e. The van der Waals surface area contributed by atoms with Gasteiger partial charge in [0.2, 0.25) is 45.6 Å². The van der Waals surface area contributed by atoms with Crippen LogP contribution in [0, 0.1) is 45.2 Å². The van der Waals surface area contributed by atoms with E-state index in [9.17, 15) is 4.39 Å². The molecule has 0 radical (unpaired) electrons.